The van der Waals surface area contributed by atoms with Crippen molar-refractivity contribution >= 4 is 10.8 Å². The number of hydrogen-bond donors (Lipinski definition) is 0. The van der Waals surface area contributed by atoms with Gasteiger partial charge in [0.25, 0.3) is 0 Å². The maximum Gasteiger partial charge on any atom is 0.166 e. The smallest absolute Gasteiger partial charge is 0.166 e. The summed E-state index contributed by atoms with van der Waals surface area (Å²) in [5.41, 5.74) is 1.61. The molecular weight excluding hydrogens is 314 g/mol. The van der Waals surface area contributed by atoms with Crippen LogP contribution in [-0.4, -0.2) is 0 Å². The van der Waals surface area contributed by atoms with Crippen molar-refractivity contribution in [2.24, 2.45) is 5.92 Å². The number of halogens is 2. The van der Waals surface area contributed by atoms with Gasteiger partial charge in [0.1, 0.15) is 0 Å². The van der Waals surface area contributed by atoms with Crippen LogP contribution < -0.4 is 0 Å². The summed E-state index contributed by atoms with van der Waals surface area (Å²) >= 11 is 0. The summed E-state index contributed by atoms with van der Waals surface area (Å²) in [5.74, 6) is -0.0556. The minimum absolute atomic E-state index is 0.424. The third-order valence-corrected chi connectivity index (χ3v) is 5.75. The number of allylic oxidation sites excluding steroid dienone is 1. The predicted molar refractivity (Wildman–Crippen MR) is 102 cm³/mol. The summed E-state index contributed by atoms with van der Waals surface area (Å²) in [6, 6.07) is 7.75. The fourth-order valence-electron chi connectivity index (χ4n) is 4.29. The van der Waals surface area contributed by atoms with Gasteiger partial charge in [-0.15, -0.1) is 6.58 Å². The molecule has 0 aromatic heterocycles. The second-order valence-corrected chi connectivity index (χ2v) is 7.48. The predicted octanol–water partition coefficient (Wildman–Crippen LogP) is 7.31. The van der Waals surface area contributed by atoms with Crippen LogP contribution in [0.1, 0.15) is 68.9 Å². The monoisotopic (exact) mass is 342 g/mol. The highest BCUT2D eigenvalue weighted by Gasteiger charge is 2.22. The Bertz CT molecular complexity index is 739. The van der Waals surface area contributed by atoms with E-state index in [1.807, 2.05) is 12.1 Å². The minimum Gasteiger partial charge on any atom is -0.203 e. The molecule has 0 aliphatic heterocycles. The van der Waals surface area contributed by atoms with E-state index in [1.54, 1.807) is 12.1 Å². The van der Waals surface area contributed by atoms with E-state index < -0.39 is 11.6 Å². The quantitative estimate of drug-likeness (QED) is 0.483. The van der Waals surface area contributed by atoms with Gasteiger partial charge >= 0.3 is 0 Å². The van der Waals surface area contributed by atoms with Crippen LogP contribution in [-0.2, 0) is 6.42 Å². The molecule has 0 saturated heterocycles. The lowest BCUT2D eigenvalue weighted by Crippen LogP contribution is -2.13. The molecule has 0 nitrogen and oxygen atoms in total. The first-order valence-electron chi connectivity index (χ1n) is 9.65. The fourth-order valence-corrected chi connectivity index (χ4v) is 4.29. The molecule has 0 bridgehead atoms. The van der Waals surface area contributed by atoms with Crippen LogP contribution in [0.25, 0.3) is 10.8 Å². The molecule has 0 amide bonds. The van der Waals surface area contributed by atoms with Crippen LogP contribution in [0, 0.1) is 17.6 Å². The Balaban J connectivity index is 1.85. The largest absolute Gasteiger partial charge is 0.203 e. The van der Waals surface area contributed by atoms with E-state index in [9.17, 15) is 8.78 Å². The second-order valence-electron chi connectivity index (χ2n) is 7.48. The van der Waals surface area contributed by atoms with Gasteiger partial charge in [0.15, 0.2) is 11.6 Å². The molecule has 2 heteroatoms. The Morgan fingerprint density at radius 1 is 1.08 bits per heavy atom. The van der Waals surface area contributed by atoms with Gasteiger partial charge in [-0.2, -0.15) is 0 Å². The maximum absolute atomic E-state index is 14.6. The van der Waals surface area contributed by atoms with E-state index in [0.717, 1.165) is 24.1 Å². The van der Waals surface area contributed by atoms with Gasteiger partial charge in [-0.3, -0.25) is 0 Å². The molecule has 1 fully saturated rings. The summed E-state index contributed by atoms with van der Waals surface area (Å²) in [5, 5.41) is 1.22. The van der Waals surface area contributed by atoms with Crippen molar-refractivity contribution in [1.82, 2.24) is 0 Å². The van der Waals surface area contributed by atoms with E-state index in [1.165, 1.54) is 31.2 Å². The number of aryl methyl sites for hydroxylation is 1. The van der Waals surface area contributed by atoms with Crippen molar-refractivity contribution < 1.29 is 8.78 Å². The first kappa shape index (κ1) is 18.1. The third kappa shape index (κ3) is 3.94. The van der Waals surface area contributed by atoms with Crippen molar-refractivity contribution in [1.29, 1.82) is 0 Å². The second kappa shape index (κ2) is 8.12. The Kier molecular flexibility index (Phi) is 5.88. The lowest BCUT2D eigenvalue weighted by atomic mass is 9.77. The molecule has 3 rings (SSSR count). The molecule has 134 valence electrons. The van der Waals surface area contributed by atoms with Gasteiger partial charge in [0.2, 0.25) is 0 Å². The molecule has 2 aromatic rings. The van der Waals surface area contributed by atoms with Crippen LogP contribution >= 0.6 is 0 Å². The first-order valence-corrected chi connectivity index (χ1v) is 9.65. The Labute approximate surface area is 149 Å². The normalized spacial score (nSPS) is 20.8. The molecule has 2 aromatic carbocycles. The lowest BCUT2D eigenvalue weighted by Gasteiger charge is -2.28. The number of benzene rings is 2. The third-order valence-electron chi connectivity index (χ3n) is 5.75. The molecule has 0 radical (unpaired) electrons. The van der Waals surface area contributed by atoms with E-state index in [0.29, 0.717) is 29.7 Å². The molecule has 25 heavy (non-hydrogen) atoms. The van der Waals surface area contributed by atoms with Crippen LogP contribution in [0.2, 0.25) is 0 Å². The molecule has 0 spiro atoms. The van der Waals surface area contributed by atoms with Crippen molar-refractivity contribution in [3.8, 4) is 0 Å². The van der Waals surface area contributed by atoms with Crippen molar-refractivity contribution in [2.75, 3.05) is 0 Å². The average molecular weight is 342 g/mol. The van der Waals surface area contributed by atoms with E-state index in [4.69, 9.17) is 0 Å². The highest BCUT2D eigenvalue weighted by atomic mass is 19.2. The molecule has 1 aliphatic carbocycles. The zero-order valence-electron chi connectivity index (χ0n) is 15.2. The average Bonchev–Trinajstić information content (AvgIpc) is 2.64. The molecule has 1 aliphatic rings. The molecule has 0 heterocycles. The summed E-state index contributed by atoms with van der Waals surface area (Å²) < 4.78 is 29.0. The zero-order valence-corrected chi connectivity index (χ0v) is 15.2. The van der Waals surface area contributed by atoms with Gasteiger partial charge < -0.3 is 0 Å². The zero-order chi connectivity index (χ0) is 17.8. The standard InChI is InChI=1S/C23H28F2/c1-3-5-7-20-14-19-13-12-18(15-21(19)23(25)22(20)24)17-10-8-16(6-4-2)9-11-17/h3,12-17H,1,4-11H2,2H3. The number of rotatable bonds is 6. The number of hydrogen-bond acceptors (Lipinski definition) is 0. The number of fused-ring (bicyclic) bond motifs is 1. The van der Waals surface area contributed by atoms with E-state index in [2.05, 4.69) is 19.6 Å². The summed E-state index contributed by atoms with van der Waals surface area (Å²) in [6.45, 7) is 5.90. The van der Waals surface area contributed by atoms with Crippen molar-refractivity contribution in [2.45, 2.75) is 64.2 Å². The highest BCUT2D eigenvalue weighted by Crippen LogP contribution is 2.38. The Morgan fingerprint density at radius 2 is 1.84 bits per heavy atom. The molecular formula is C23H28F2. The van der Waals surface area contributed by atoms with Crippen molar-refractivity contribution in [3.63, 3.8) is 0 Å². The molecule has 0 N–H and O–H groups in total. The minimum atomic E-state index is -0.696. The lowest BCUT2D eigenvalue weighted by molar-refractivity contribution is 0.308. The van der Waals surface area contributed by atoms with Crippen LogP contribution in [0.4, 0.5) is 8.78 Å². The van der Waals surface area contributed by atoms with Crippen LogP contribution in [0.3, 0.4) is 0 Å². The van der Waals surface area contributed by atoms with Crippen LogP contribution in [0.15, 0.2) is 36.9 Å². The highest BCUT2D eigenvalue weighted by molar-refractivity contribution is 5.85. The summed E-state index contributed by atoms with van der Waals surface area (Å²) in [6.07, 6.45) is 10.3. The topological polar surface area (TPSA) is 0 Å². The molecule has 0 unspecified atom stereocenters. The van der Waals surface area contributed by atoms with Crippen LogP contribution in [0.5, 0.6) is 0 Å². The van der Waals surface area contributed by atoms with Gasteiger partial charge in [0, 0.05) is 5.39 Å². The fraction of sp³-hybridized carbons (Fsp3) is 0.478. The molecule has 0 atom stereocenters. The van der Waals surface area contributed by atoms with Gasteiger partial charge in [0.05, 0.1) is 0 Å². The van der Waals surface area contributed by atoms with Crippen molar-refractivity contribution in [3.05, 3.63) is 59.7 Å². The summed E-state index contributed by atoms with van der Waals surface area (Å²) in [7, 11) is 0. The van der Waals surface area contributed by atoms with Gasteiger partial charge in [-0.05, 0) is 79.0 Å². The SMILES string of the molecule is C=CCCc1cc2ccc(C3CCC(CCC)CC3)cc2c(F)c1F. The first-order chi connectivity index (χ1) is 12.1. The Hall–Kier alpha value is -1.70. The Morgan fingerprint density at radius 3 is 2.52 bits per heavy atom. The van der Waals surface area contributed by atoms with Gasteiger partial charge in [-0.25, -0.2) is 8.78 Å². The molecule has 1 saturated carbocycles. The van der Waals surface area contributed by atoms with E-state index >= 15 is 0 Å². The van der Waals surface area contributed by atoms with E-state index in [-0.39, 0.29) is 0 Å². The maximum atomic E-state index is 14.6. The summed E-state index contributed by atoms with van der Waals surface area (Å²) in [4.78, 5) is 0. The van der Waals surface area contributed by atoms with Gasteiger partial charge in [-0.1, -0.05) is 38.0 Å².